The minimum atomic E-state index is 0.368. The smallest absolute Gasteiger partial charge is 0.133 e. The second-order valence-corrected chi connectivity index (χ2v) is 6.30. The maximum atomic E-state index is 5.51. The van der Waals surface area contributed by atoms with Gasteiger partial charge in [0.25, 0.3) is 0 Å². The van der Waals surface area contributed by atoms with E-state index >= 15 is 0 Å². The van der Waals surface area contributed by atoms with E-state index in [2.05, 4.69) is 50.0 Å². The summed E-state index contributed by atoms with van der Waals surface area (Å²) in [5.74, 6) is 1.81. The monoisotopic (exact) mass is 284 g/mol. The second kappa shape index (κ2) is 5.13. The third-order valence-electron chi connectivity index (χ3n) is 4.21. The highest BCUT2D eigenvalue weighted by atomic mass is 32.1. The van der Waals surface area contributed by atoms with Gasteiger partial charge in [-0.1, -0.05) is 50.3 Å². The minimum Gasteiger partial charge on any atom is -0.347 e. The van der Waals surface area contributed by atoms with Gasteiger partial charge in [-0.25, -0.2) is 4.98 Å². The molecule has 0 aliphatic heterocycles. The van der Waals surface area contributed by atoms with Gasteiger partial charge in [-0.15, -0.1) is 0 Å². The third-order valence-corrected chi connectivity index (χ3v) is 4.52. The Morgan fingerprint density at radius 2 is 2.05 bits per heavy atom. The molecule has 1 aliphatic rings. The molecule has 0 saturated carbocycles. The van der Waals surface area contributed by atoms with E-state index < -0.39 is 0 Å². The topological polar surface area (TPSA) is 28.7 Å². The zero-order valence-electron chi connectivity index (χ0n) is 12.2. The first kappa shape index (κ1) is 13.5. The van der Waals surface area contributed by atoms with Crippen molar-refractivity contribution in [1.29, 1.82) is 0 Å². The van der Waals surface area contributed by atoms with E-state index in [-0.39, 0.29) is 0 Å². The first-order chi connectivity index (χ1) is 9.58. The molecule has 2 nitrogen and oxygen atoms in total. The molecule has 2 aromatic rings. The molecule has 3 heteroatoms. The molecule has 0 spiro atoms. The number of rotatable bonds is 2. The van der Waals surface area contributed by atoms with Gasteiger partial charge in [0.2, 0.25) is 0 Å². The van der Waals surface area contributed by atoms with Gasteiger partial charge in [0.1, 0.15) is 10.5 Å². The van der Waals surface area contributed by atoms with Crippen molar-refractivity contribution in [3.8, 4) is 0 Å². The molecule has 104 valence electrons. The molecular formula is C17H20N2S. The van der Waals surface area contributed by atoms with Crippen molar-refractivity contribution in [2.45, 2.75) is 45.4 Å². The molecule has 0 bridgehead atoms. The molecule has 1 atom stereocenters. The Bertz CT molecular complexity index is 700. The van der Waals surface area contributed by atoms with Crippen molar-refractivity contribution < 1.29 is 0 Å². The molecule has 0 amide bonds. The van der Waals surface area contributed by atoms with Gasteiger partial charge >= 0.3 is 0 Å². The second-order valence-electron chi connectivity index (χ2n) is 5.91. The van der Waals surface area contributed by atoms with E-state index in [1.54, 1.807) is 0 Å². The molecule has 1 heterocycles. The third kappa shape index (κ3) is 2.20. The number of hydrogen-bond acceptors (Lipinski definition) is 2. The Kier molecular flexibility index (Phi) is 3.47. The Balaban J connectivity index is 2.07. The number of benzene rings is 1. The van der Waals surface area contributed by atoms with Crippen LogP contribution in [-0.2, 0) is 6.42 Å². The van der Waals surface area contributed by atoms with Crippen LogP contribution in [0, 0.1) is 11.6 Å². The Hall–Kier alpha value is -1.48. The standard InChI is InChI=1S/C17H20N2S/c1-10(2)15-11(3)18-16(19-17(15)20)14-9-8-12-6-4-5-7-13(12)14/h4-7,10,14H,8-9H2,1-3H3,(H,18,19,20). The highest BCUT2D eigenvalue weighted by Gasteiger charge is 2.26. The molecule has 1 N–H and O–H groups in total. The first-order valence-corrected chi connectivity index (χ1v) is 7.67. The minimum absolute atomic E-state index is 0.368. The Morgan fingerprint density at radius 1 is 1.30 bits per heavy atom. The molecule has 0 fully saturated rings. The van der Waals surface area contributed by atoms with Crippen LogP contribution in [0.3, 0.4) is 0 Å². The molecule has 1 aromatic heterocycles. The molecule has 0 radical (unpaired) electrons. The molecule has 1 aromatic carbocycles. The van der Waals surface area contributed by atoms with Crippen LogP contribution in [0.4, 0.5) is 0 Å². The van der Waals surface area contributed by atoms with Gasteiger partial charge in [0, 0.05) is 17.2 Å². The number of aromatic nitrogens is 2. The number of hydrogen-bond donors (Lipinski definition) is 1. The van der Waals surface area contributed by atoms with Crippen molar-refractivity contribution in [2.24, 2.45) is 0 Å². The molecule has 0 saturated heterocycles. The summed E-state index contributed by atoms with van der Waals surface area (Å²) < 4.78 is 0.760. The summed E-state index contributed by atoms with van der Waals surface area (Å²) >= 11 is 5.51. The number of fused-ring (bicyclic) bond motifs is 1. The van der Waals surface area contributed by atoms with Gasteiger partial charge in [-0.3, -0.25) is 0 Å². The Morgan fingerprint density at radius 3 is 2.75 bits per heavy atom. The van der Waals surface area contributed by atoms with Crippen LogP contribution < -0.4 is 0 Å². The van der Waals surface area contributed by atoms with Gasteiger partial charge in [-0.2, -0.15) is 0 Å². The van der Waals surface area contributed by atoms with E-state index in [0.717, 1.165) is 23.3 Å². The van der Waals surface area contributed by atoms with Gasteiger partial charge in [-0.05, 0) is 36.8 Å². The summed E-state index contributed by atoms with van der Waals surface area (Å²) in [4.78, 5) is 8.20. The van der Waals surface area contributed by atoms with E-state index in [4.69, 9.17) is 17.2 Å². The van der Waals surface area contributed by atoms with Crippen LogP contribution in [0.1, 0.15) is 60.3 Å². The fourth-order valence-electron chi connectivity index (χ4n) is 3.30. The summed E-state index contributed by atoms with van der Waals surface area (Å²) in [5.41, 5.74) is 5.20. The van der Waals surface area contributed by atoms with Crippen molar-refractivity contribution in [2.75, 3.05) is 0 Å². The zero-order chi connectivity index (χ0) is 14.3. The van der Waals surface area contributed by atoms with Crippen LogP contribution >= 0.6 is 12.2 Å². The zero-order valence-corrected chi connectivity index (χ0v) is 13.1. The fourth-order valence-corrected chi connectivity index (χ4v) is 3.79. The SMILES string of the molecule is Cc1[nH]c(C2CCc3ccccc32)nc(=S)c1C(C)C. The fraction of sp³-hybridized carbons (Fsp3) is 0.412. The van der Waals surface area contributed by atoms with Crippen molar-refractivity contribution in [3.05, 3.63) is 57.1 Å². The predicted molar refractivity (Wildman–Crippen MR) is 84.9 cm³/mol. The Labute approximate surface area is 125 Å². The van der Waals surface area contributed by atoms with Gasteiger partial charge in [0.05, 0.1) is 0 Å². The number of aromatic amines is 1. The summed E-state index contributed by atoms with van der Waals surface area (Å²) in [5, 5.41) is 0. The van der Waals surface area contributed by atoms with Gasteiger partial charge in [0.15, 0.2) is 0 Å². The van der Waals surface area contributed by atoms with Crippen LogP contribution in [-0.4, -0.2) is 9.97 Å². The quantitative estimate of drug-likeness (QED) is 0.813. The van der Waals surface area contributed by atoms with Crippen LogP contribution in [0.2, 0.25) is 0 Å². The first-order valence-electron chi connectivity index (χ1n) is 7.26. The highest BCUT2D eigenvalue weighted by molar-refractivity contribution is 7.71. The normalized spacial score (nSPS) is 17.5. The largest absolute Gasteiger partial charge is 0.347 e. The predicted octanol–water partition coefficient (Wildman–Crippen LogP) is 4.65. The lowest BCUT2D eigenvalue weighted by Gasteiger charge is -2.16. The highest BCUT2D eigenvalue weighted by Crippen LogP contribution is 2.36. The molecule has 1 aliphatic carbocycles. The van der Waals surface area contributed by atoms with Crippen LogP contribution in [0.25, 0.3) is 0 Å². The average Bonchev–Trinajstić information content (AvgIpc) is 2.81. The number of nitrogens with zero attached hydrogens (tertiary/aromatic N) is 1. The number of H-pyrrole nitrogens is 1. The summed E-state index contributed by atoms with van der Waals surface area (Å²) in [7, 11) is 0. The van der Waals surface area contributed by atoms with Crippen molar-refractivity contribution in [1.82, 2.24) is 9.97 Å². The van der Waals surface area contributed by atoms with Crippen LogP contribution in [0.5, 0.6) is 0 Å². The molecule has 20 heavy (non-hydrogen) atoms. The lowest BCUT2D eigenvalue weighted by molar-refractivity contribution is 0.707. The summed E-state index contributed by atoms with van der Waals surface area (Å²) in [6.45, 7) is 6.44. The summed E-state index contributed by atoms with van der Waals surface area (Å²) in [6.07, 6.45) is 2.26. The van der Waals surface area contributed by atoms with E-state index in [0.29, 0.717) is 11.8 Å². The average molecular weight is 284 g/mol. The summed E-state index contributed by atoms with van der Waals surface area (Å²) in [6, 6.07) is 8.67. The molecule has 3 rings (SSSR count). The number of aryl methyl sites for hydroxylation is 2. The van der Waals surface area contributed by atoms with Crippen molar-refractivity contribution in [3.63, 3.8) is 0 Å². The maximum Gasteiger partial charge on any atom is 0.133 e. The van der Waals surface area contributed by atoms with Crippen molar-refractivity contribution >= 4 is 12.2 Å². The van der Waals surface area contributed by atoms with E-state index in [1.807, 2.05) is 0 Å². The van der Waals surface area contributed by atoms with Crippen LogP contribution in [0.15, 0.2) is 24.3 Å². The lowest BCUT2D eigenvalue weighted by atomic mass is 9.99. The molecule has 1 unspecified atom stereocenters. The maximum absolute atomic E-state index is 5.51. The molecular weight excluding hydrogens is 264 g/mol. The number of nitrogens with one attached hydrogen (secondary N) is 1. The van der Waals surface area contributed by atoms with Gasteiger partial charge < -0.3 is 4.98 Å². The lowest BCUT2D eigenvalue weighted by Crippen LogP contribution is -2.08. The van der Waals surface area contributed by atoms with E-state index in [9.17, 15) is 0 Å². The van der Waals surface area contributed by atoms with E-state index in [1.165, 1.54) is 22.4 Å².